The van der Waals surface area contributed by atoms with Gasteiger partial charge in [0.05, 0.1) is 12.7 Å². The zero-order valence-corrected chi connectivity index (χ0v) is 9.16. The molecular weight excluding hydrogens is 188 g/mol. The van der Waals surface area contributed by atoms with Crippen LogP contribution >= 0.6 is 0 Å². The van der Waals surface area contributed by atoms with Gasteiger partial charge in [-0.15, -0.1) is 0 Å². The van der Waals surface area contributed by atoms with Gasteiger partial charge in [-0.25, -0.2) is 0 Å². The van der Waals surface area contributed by atoms with Crippen molar-refractivity contribution in [3.63, 3.8) is 0 Å². The highest BCUT2D eigenvalue weighted by Crippen LogP contribution is 2.13. The molecule has 1 aromatic rings. The molecule has 3 heteroatoms. The van der Waals surface area contributed by atoms with E-state index in [9.17, 15) is 4.79 Å². The van der Waals surface area contributed by atoms with Crippen LogP contribution in [-0.2, 0) is 11.2 Å². The second-order valence-corrected chi connectivity index (χ2v) is 4.03. The van der Waals surface area contributed by atoms with Crippen molar-refractivity contribution in [3.05, 3.63) is 35.4 Å². The average molecular weight is 204 g/mol. The predicted molar refractivity (Wildman–Crippen MR) is 59.4 cm³/mol. The van der Waals surface area contributed by atoms with Gasteiger partial charge in [0.15, 0.2) is 0 Å². The summed E-state index contributed by atoms with van der Waals surface area (Å²) in [6.07, 6.45) is 1.04. The average Bonchev–Trinajstić information content (AvgIpc) is 2.53. The summed E-state index contributed by atoms with van der Waals surface area (Å²) in [6, 6.07) is 8.30. The molecule has 1 atom stereocenters. The van der Waals surface area contributed by atoms with Crippen LogP contribution in [0.2, 0.25) is 0 Å². The van der Waals surface area contributed by atoms with E-state index in [0.717, 1.165) is 6.42 Å². The van der Waals surface area contributed by atoms with Gasteiger partial charge >= 0.3 is 0 Å². The number of amides is 1. The number of nitrogens with zero attached hydrogens (tertiary/aromatic N) is 1. The maximum atomic E-state index is 11.3. The fraction of sp³-hybridized carbons (Fsp3) is 0.417. The van der Waals surface area contributed by atoms with Gasteiger partial charge in [-0.05, 0) is 18.1 Å². The summed E-state index contributed by atoms with van der Waals surface area (Å²) in [6.45, 7) is 2.57. The van der Waals surface area contributed by atoms with Crippen molar-refractivity contribution in [2.75, 3.05) is 13.6 Å². The van der Waals surface area contributed by atoms with E-state index in [1.165, 1.54) is 11.1 Å². The van der Waals surface area contributed by atoms with Crippen molar-refractivity contribution in [3.8, 4) is 0 Å². The van der Waals surface area contributed by atoms with Gasteiger partial charge in [-0.1, -0.05) is 24.3 Å². The molecule has 0 aromatic heterocycles. The minimum absolute atomic E-state index is 0.151. The van der Waals surface area contributed by atoms with E-state index in [2.05, 4.69) is 24.4 Å². The fourth-order valence-electron chi connectivity index (χ4n) is 1.90. The Kier molecular flexibility index (Phi) is 2.73. The zero-order chi connectivity index (χ0) is 10.8. The number of carbonyl (C=O) groups is 1. The van der Waals surface area contributed by atoms with Gasteiger partial charge in [0.2, 0.25) is 5.91 Å². The molecule has 80 valence electrons. The van der Waals surface area contributed by atoms with Crippen LogP contribution in [0.4, 0.5) is 0 Å². The van der Waals surface area contributed by atoms with Gasteiger partial charge < -0.3 is 4.90 Å². The van der Waals surface area contributed by atoms with E-state index in [1.54, 1.807) is 4.90 Å². The van der Waals surface area contributed by atoms with Crippen LogP contribution in [0.5, 0.6) is 0 Å². The van der Waals surface area contributed by atoms with E-state index >= 15 is 0 Å². The summed E-state index contributed by atoms with van der Waals surface area (Å²) in [4.78, 5) is 13.1. The second kappa shape index (κ2) is 4.03. The molecule has 1 aromatic carbocycles. The molecule has 1 aliphatic heterocycles. The molecule has 2 rings (SSSR count). The highest BCUT2D eigenvalue weighted by molar-refractivity contribution is 5.80. The monoisotopic (exact) mass is 204 g/mol. The molecule has 1 saturated heterocycles. The van der Waals surface area contributed by atoms with Crippen molar-refractivity contribution in [1.29, 1.82) is 0 Å². The first kappa shape index (κ1) is 10.2. The van der Waals surface area contributed by atoms with Gasteiger partial charge in [-0.2, -0.15) is 0 Å². The predicted octanol–water partition coefficient (Wildman–Crippen LogP) is 0.925. The van der Waals surface area contributed by atoms with E-state index < -0.39 is 0 Å². The van der Waals surface area contributed by atoms with E-state index in [4.69, 9.17) is 0 Å². The molecule has 0 saturated carbocycles. The number of hydrogen-bond acceptors (Lipinski definition) is 2. The summed E-state index contributed by atoms with van der Waals surface area (Å²) < 4.78 is 0. The van der Waals surface area contributed by atoms with Crippen LogP contribution < -0.4 is 5.32 Å². The van der Waals surface area contributed by atoms with Crippen LogP contribution in [0.3, 0.4) is 0 Å². The third kappa shape index (κ3) is 2.02. The minimum atomic E-state index is 0.151. The molecule has 0 bridgehead atoms. The first-order valence-electron chi connectivity index (χ1n) is 5.22. The number of nitrogens with one attached hydrogen (secondary N) is 1. The smallest absolute Gasteiger partial charge is 0.237 e. The molecule has 1 N–H and O–H groups in total. The van der Waals surface area contributed by atoms with Crippen molar-refractivity contribution in [2.24, 2.45) is 0 Å². The molecule has 0 spiro atoms. The van der Waals surface area contributed by atoms with Crippen molar-refractivity contribution >= 4 is 5.91 Å². The third-order valence-corrected chi connectivity index (χ3v) is 3.02. The van der Waals surface area contributed by atoms with Crippen LogP contribution in [0.1, 0.15) is 11.1 Å². The summed E-state index contributed by atoms with van der Waals surface area (Å²) in [5.41, 5.74) is 2.59. The molecule has 1 heterocycles. The molecule has 1 fully saturated rings. The Balaban J connectivity index is 2.10. The van der Waals surface area contributed by atoms with Crippen molar-refractivity contribution in [2.45, 2.75) is 19.5 Å². The number of benzene rings is 1. The standard InChI is InChI=1S/C12H16N2O/c1-9-5-3-4-6-10(9)7-11-13-8-12(15)14(11)2/h3-6,11,13H,7-8H2,1-2H3/t11-/m0/s1. The van der Waals surface area contributed by atoms with Crippen LogP contribution in [-0.4, -0.2) is 30.6 Å². The topological polar surface area (TPSA) is 32.3 Å². The molecule has 0 unspecified atom stereocenters. The number of aryl methyl sites for hydroxylation is 1. The maximum Gasteiger partial charge on any atom is 0.237 e. The summed E-state index contributed by atoms with van der Waals surface area (Å²) in [7, 11) is 1.85. The molecule has 15 heavy (non-hydrogen) atoms. The number of rotatable bonds is 2. The van der Waals surface area contributed by atoms with Gasteiger partial charge in [0.25, 0.3) is 0 Å². The Bertz CT molecular complexity index is 376. The van der Waals surface area contributed by atoms with Gasteiger partial charge in [0, 0.05) is 13.5 Å². The summed E-state index contributed by atoms with van der Waals surface area (Å²) >= 11 is 0. The van der Waals surface area contributed by atoms with E-state index in [0.29, 0.717) is 6.54 Å². The quantitative estimate of drug-likeness (QED) is 0.777. The van der Waals surface area contributed by atoms with E-state index in [-0.39, 0.29) is 12.1 Å². The first-order valence-corrected chi connectivity index (χ1v) is 5.22. The highest BCUT2D eigenvalue weighted by atomic mass is 16.2. The van der Waals surface area contributed by atoms with Crippen LogP contribution in [0.15, 0.2) is 24.3 Å². The lowest BCUT2D eigenvalue weighted by atomic mass is 10.0. The molecule has 0 aliphatic carbocycles. The van der Waals surface area contributed by atoms with Crippen LogP contribution in [0, 0.1) is 6.92 Å². The Morgan fingerprint density at radius 1 is 1.47 bits per heavy atom. The first-order chi connectivity index (χ1) is 7.18. The fourth-order valence-corrected chi connectivity index (χ4v) is 1.90. The summed E-state index contributed by atoms with van der Waals surface area (Å²) in [5.74, 6) is 0.175. The lowest BCUT2D eigenvalue weighted by molar-refractivity contribution is -0.126. The van der Waals surface area contributed by atoms with E-state index in [1.807, 2.05) is 19.2 Å². The maximum absolute atomic E-state index is 11.3. The molecule has 1 amide bonds. The molecule has 3 nitrogen and oxygen atoms in total. The Labute approximate surface area is 90.1 Å². The number of hydrogen-bond donors (Lipinski definition) is 1. The molecule has 0 radical (unpaired) electrons. The van der Waals surface area contributed by atoms with Gasteiger partial charge in [0.1, 0.15) is 0 Å². The third-order valence-electron chi connectivity index (χ3n) is 3.02. The Morgan fingerprint density at radius 3 is 2.80 bits per heavy atom. The van der Waals surface area contributed by atoms with Gasteiger partial charge in [-0.3, -0.25) is 10.1 Å². The Hall–Kier alpha value is -1.35. The minimum Gasteiger partial charge on any atom is -0.329 e. The lowest BCUT2D eigenvalue weighted by Crippen LogP contribution is -2.36. The largest absolute Gasteiger partial charge is 0.329 e. The van der Waals surface area contributed by atoms with Crippen LogP contribution in [0.25, 0.3) is 0 Å². The SMILES string of the molecule is Cc1ccccc1C[C@H]1NCC(=O)N1C. The molecule has 1 aliphatic rings. The molecular formula is C12H16N2O. The highest BCUT2D eigenvalue weighted by Gasteiger charge is 2.26. The van der Waals surface area contributed by atoms with Crippen molar-refractivity contribution in [1.82, 2.24) is 10.2 Å². The number of carbonyl (C=O) groups excluding carboxylic acids is 1. The zero-order valence-electron chi connectivity index (χ0n) is 9.16. The second-order valence-electron chi connectivity index (χ2n) is 4.03. The van der Waals surface area contributed by atoms with Crippen molar-refractivity contribution < 1.29 is 4.79 Å². The summed E-state index contributed by atoms with van der Waals surface area (Å²) in [5, 5.41) is 3.21. The number of likely N-dealkylation sites (N-methyl/N-ethyl adjacent to an activating group) is 1. The normalized spacial score (nSPS) is 21.1. The Morgan fingerprint density at radius 2 is 2.20 bits per heavy atom. The lowest BCUT2D eigenvalue weighted by Gasteiger charge is -2.20.